The van der Waals surface area contributed by atoms with Gasteiger partial charge in [0, 0.05) is 18.3 Å². The van der Waals surface area contributed by atoms with Crippen molar-refractivity contribution >= 4 is 21.4 Å². The Balaban J connectivity index is 2.81. The lowest BCUT2D eigenvalue weighted by molar-refractivity contribution is -0.385. The molecule has 1 rings (SSSR count). The zero-order valence-electron chi connectivity index (χ0n) is 9.16. The van der Waals surface area contributed by atoms with Gasteiger partial charge in [-0.25, -0.2) is 13.6 Å². The van der Waals surface area contributed by atoms with Gasteiger partial charge in [-0.1, -0.05) is 0 Å². The van der Waals surface area contributed by atoms with Crippen LogP contribution in [0.5, 0.6) is 0 Å². The quantitative estimate of drug-likeness (QED) is 0.577. The van der Waals surface area contributed by atoms with E-state index in [-0.39, 0.29) is 23.5 Å². The molecule has 0 atom stereocenters. The van der Waals surface area contributed by atoms with Crippen LogP contribution in [-0.2, 0) is 10.0 Å². The molecule has 0 aromatic heterocycles. The molecule has 0 bridgehead atoms. The molecule has 0 amide bonds. The van der Waals surface area contributed by atoms with Crippen molar-refractivity contribution in [3.63, 3.8) is 0 Å². The minimum absolute atomic E-state index is 0.0571. The van der Waals surface area contributed by atoms with E-state index in [1.54, 1.807) is 6.07 Å². The molecule has 0 saturated carbocycles. The van der Waals surface area contributed by atoms with Gasteiger partial charge in [-0.3, -0.25) is 10.1 Å². The monoisotopic (exact) mass is 270 g/mol. The molecule has 9 heteroatoms. The first kappa shape index (κ1) is 13.9. The summed E-state index contributed by atoms with van der Waals surface area (Å²) in [4.78, 5) is 9.92. The minimum Gasteiger partial charge on any atom is -0.384 e. The van der Waals surface area contributed by atoms with Crippen LogP contribution in [-0.4, -0.2) is 25.6 Å². The summed E-state index contributed by atoms with van der Waals surface area (Å²) in [5.41, 5.74) is 0.0240. The lowest BCUT2D eigenvalue weighted by Gasteiger charge is -2.05. The predicted molar refractivity (Wildman–Crippen MR) is 64.3 cm³/mol. The van der Waals surface area contributed by atoms with E-state index in [2.05, 4.69) is 5.32 Å². The molecule has 0 saturated heterocycles. The third-order valence-electron chi connectivity index (χ3n) is 2.03. The van der Waals surface area contributed by atoms with Gasteiger partial charge in [0.05, 0.1) is 10.7 Å². The molecular weight excluding hydrogens is 260 g/mol. The largest absolute Gasteiger partial charge is 0.384 e. The highest BCUT2D eigenvalue weighted by Crippen LogP contribution is 2.21. The number of rotatable bonds is 5. The number of nitrogens with zero attached hydrogens (tertiary/aromatic N) is 2. The third kappa shape index (κ3) is 4.00. The van der Waals surface area contributed by atoms with Gasteiger partial charge in [0.2, 0.25) is 10.0 Å². The molecule has 0 unspecified atom stereocenters. The Kier molecular flexibility index (Phi) is 4.19. The highest BCUT2D eigenvalue weighted by molar-refractivity contribution is 7.89. The average molecular weight is 270 g/mol. The van der Waals surface area contributed by atoms with Crippen LogP contribution in [0.3, 0.4) is 0 Å². The Morgan fingerprint density at radius 2 is 2.17 bits per heavy atom. The van der Waals surface area contributed by atoms with Crippen molar-refractivity contribution in [2.75, 3.05) is 17.6 Å². The molecule has 1 aromatic rings. The fourth-order valence-electron chi connectivity index (χ4n) is 1.23. The molecule has 0 radical (unpaired) electrons. The van der Waals surface area contributed by atoms with Crippen molar-refractivity contribution in [2.24, 2.45) is 5.14 Å². The topological polar surface area (TPSA) is 139 Å². The van der Waals surface area contributed by atoms with E-state index in [4.69, 9.17) is 10.4 Å². The molecule has 1 aromatic carbocycles. The van der Waals surface area contributed by atoms with Gasteiger partial charge in [-0.2, -0.15) is 5.26 Å². The van der Waals surface area contributed by atoms with E-state index in [1.807, 2.05) is 0 Å². The van der Waals surface area contributed by atoms with E-state index in [1.165, 1.54) is 18.2 Å². The molecule has 0 heterocycles. The SMILES string of the molecule is N#Cc1cc(NCCS(N)(=O)=O)ccc1[N+](=O)[O-]. The smallest absolute Gasteiger partial charge is 0.287 e. The number of benzene rings is 1. The van der Waals surface area contributed by atoms with Gasteiger partial charge in [-0.05, 0) is 12.1 Å². The maximum Gasteiger partial charge on any atom is 0.287 e. The van der Waals surface area contributed by atoms with Crippen molar-refractivity contribution in [2.45, 2.75) is 0 Å². The van der Waals surface area contributed by atoms with Crippen LogP contribution in [0.1, 0.15) is 5.56 Å². The summed E-state index contributed by atoms with van der Waals surface area (Å²) in [5.74, 6) is -0.272. The second kappa shape index (κ2) is 5.44. The highest BCUT2D eigenvalue weighted by atomic mass is 32.2. The first-order valence-electron chi connectivity index (χ1n) is 4.76. The van der Waals surface area contributed by atoms with Crippen LogP contribution in [0, 0.1) is 21.4 Å². The summed E-state index contributed by atoms with van der Waals surface area (Å²) in [6.45, 7) is 0.0571. The number of anilines is 1. The van der Waals surface area contributed by atoms with Crippen molar-refractivity contribution in [3.05, 3.63) is 33.9 Å². The van der Waals surface area contributed by atoms with Gasteiger partial charge in [0.1, 0.15) is 11.6 Å². The second-order valence-corrected chi connectivity index (χ2v) is 5.13. The number of primary sulfonamides is 1. The van der Waals surface area contributed by atoms with Gasteiger partial charge in [0.15, 0.2) is 0 Å². The summed E-state index contributed by atoms with van der Waals surface area (Å²) in [7, 11) is -3.57. The van der Waals surface area contributed by atoms with E-state index in [0.717, 1.165) is 0 Å². The molecule has 0 aliphatic rings. The van der Waals surface area contributed by atoms with Gasteiger partial charge in [-0.15, -0.1) is 0 Å². The van der Waals surface area contributed by atoms with Crippen LogP contribution < -0.4 is 10.5 Å². The molecule has 8 nitrogen and oxygen atoms in total. The summed E-state index contributed by atoms with van der Waals surface area (Å²) in [5, 5.41) is 26.8. The number of sulfonamides is 1. The molecule has 0 fully saturated rings. The number of nitrogens with two attached hydrogens (primary N) is 1. The standard InChI is InChI=1S/C9H10N4O4S/c10-6-7-5-8(1-2-9(7)13(14)15)12-3-4-18(11,16)17/h1-2,5,12H,3-4H2,(H2,11,16,17). The van der Waals surface area contributed by atoms with Crippen LogP contribution in [0.25, 0.3) is 0 Å². The fourth-order valence-corrected chi connectivity index (χ4v) is 1.62. The van der Waals surface area contributed by atoms with E-state index in [0.29, 0.717) is 5.69 Å². The Labute approximate surface area is 103 Å². The zero-order valence-corrected chi connectivity index (χ0v) is 9.98. The predicted octanol–water partition coefficient (Wildman–Crippen LogP) is 0.167. The summed E-state index contributed by atoms with van der Waals surface area (Å²) in [6, 6.07) is 5.55. The number of nitro benzene ring substituents is 1. The van der Waals surface area contributed by atoms with Crippen LogP contribution in [0.2, 0.25) is 0 Å². The van der Waals surface area contributed by atoms with Crippen molar-refractivity contribution in [1.82, 2.24) is 0 Å². The van der Waals surface area contributed by atoms with E-state index < -0.39 is 14.9 Å². The Hall–Kier alpha value is -2.18. The molecule has 96 valence electrons. The summed E-state index contributed by atoms with van der Waals surface area (Å²) >= 11 is 0. The van der Waals surface area contributed by atoms with Crippen LogP contribution in [0.4, 0.5) is 11.4 Å². The normalized spacial score (nSPS) is 10.7. The van der Waals surface area contributed by atoms with E-state index in [9.17, 15) is 18.5 Å². The van der Waals surface area contributed by atoms with Gasteiger partial charge < -0.3 is 5.32 Å². The van der Waals surface area contributed by atoms with Gasteiger partial charge >= 0.3 is 0 Å². The Morgan fingerprint density at radius 3 is 2.67 bits per heavy atom. The molecular formula is C9H10N4O4S. The summed E-state index contributed by atoms with van der Waals surface area (Å²) in [6.07, 6.45) is 0. The summed E-state index contributed by atoms with van der Waals surface area (Å²) < 4.78 is 21.4. The zero-order chi connectivity index (χ0) is 13.8. The second-order valence-electron chi connectivity index (χ2n) is 3.39. The molecule has 18 heavy (non-hydrogen) atoms. The minimum atomic E-state index is -3.57. The molecule has 0 spiro atoms. The number of hydrogen-bond acceptors (Lipinski definition) is 6. The number of hydrogen-bond donors (Lipinski definition) is 2. The third-order valence-corrected chi connectivity index (χ3v) is 2.80. The van der Waals surface area contributed by atoms with Crippen LogP contribution in [0.15, 0.2) is 18.2 Å². The van der Waals surface area contributed by atoms with Gasteiger partial charge in [0.25, 0.3) is 5.69 Å². The number of nitriles is 1. The number of nitrogens with one attached hydrogen (secondary N) is 1. The highest BCUT2D eigenvalue weighted by Gasteiger charge is 2.13. The average Bonchev–Trinajstić information content (AvgIpc) is 2.26. The van der Waals surface area contributed by atoms with Crippen molar-refractivity contribution < 1.29 is 13.3 Å². The van der Waals surface area contributed by atoms with Crippen molar-refractivity contribution in [1.29, 1.82) is 5.26 Å². The lowest BCUT2D eigenvalue weighted by atomic mass is 10.2. The fraction of sp³-hybridized carbons (Fsp3) is 0.222. The Morgan fingerprint density at radius 1 is 1.50 bits per heavy atom. The molecule has 0 aliphatic heterocycles. The first-order chi connectivity index (χ1) is 8.33. The maximum absolute atomic E-state index is 10.7. The Bertz CT molecular complexity index is 605. The molecule has 0 aliphatic carbocycles. The van der Waals surface area contributed by atoms with Crippen LogP contribution >= 0.6 is 0 Å². The number of nitro groups is 1. The molecule has 3 N–H and O–H groups in total. The van der Waals surface area contributed by atoms with Crippen molar-refractivity contribution in [3.8, 4) is 6.07 Å². The maximum atomic E-state index is 10.7. The van der Waals surface area contributed by atoms with E-state index >= 15 is 0 Å². The first-order valence-corrected chi connectivity index (χ1v) is 6.48. The lowest BCUT2D eigenvalue weighted by Crippen LogP contribution is -2.22.